The summed E-state index contributed by atoms with van der Waals surface area (Å²) in [6, 6.07) is 7.72. The monoisotopic (exact) mass is 333 g/mol. The van der Waals surface area contributed by atoms with Gasteiger partial charge in [-0.25, -0.2) is 12.7 Å². The quantitative estimate of drug-likeness (QED) is 0.898. The maximum absolute atomic E-state index is 12.1. The predicted octanol–water partition coefficient (Wildman–Crippen LogP) is 1.15. The zero-order valence-corrected chi connectivity index (χ0v) is 14.4. The van der Waals surface area contributed by atoms with Gasteiger partial charge in [0.2, 0.25) is 10.0 Å². The Bertz CT molecular complexity index is 563. The fraction of sp³-hybridized carbons (Fsp3) is 0.571. The molecule has 0 bridgehead atoms. The van der Waals surface area contributed by atoms with E-state index < -0.39 is 10.0 Å². The number of hydrogen-bond donors (Lipinski definition) is 1. The molecule has 0 saturated carbocycles. The third kappa shape index (κ3) is 4.66. The Hall–Kier alpha value is -0.660. The van der Waals surface area contributed by atoms with Crippen LogP contribution in [0, 0.1) is 0 Å². The lowest BCUT2D eigenvalue weighted by Crippen LogP contribution is -2.48. The first kappa shape index (κ1) is 18.4. The van der Waals surface area contributed by atoms with Gasteiger partial charge in [-0.1, -0.05) is 12.1 Å². The molecule has 1 unspecified atom stereocenters. The minimum Gasteiger partial charge on any atom is -0.312 e. The van der Waals surface area contributed by atoms with Crippen LogP contribution in [0.2, 0.25) is 0 Å². The zero-order chi connectivity index (χ0) is 14.8. The molecular weight excluding hydrogens is 310 g/mol. The molecule has 1 fully saturated rings. The Morgan fingerprint density at radius 3 is 2.71 bits per heavy atom. The molecule has 2 rings (SSSR count). The molecule has 0 aliphatic carbocycles. The van der Waals surface area contributed by atoms with E-state index in [1.54, 1.807) is 26.2 Å². The minimum atomic E-state index is -3.35. The molecule has 21 heavy (non-hydrogen) atoms. The summed E-state index contributed by atoms with van der Waals surface area (Å²) in [6.45, 7) is 5.93. The first-order chi connectivity index (χ1) is 9.39. The third-order valence-corrected chi connectivity index (χ3v) is 5.35. The summed E-state index contributed by atoms with van der Waals surface area (Å²) in [5.41, 5.74) is 1.04. The summed E-state index contributed by atoms with van der Waals surface area (Å²) in [6.07, 6.45) is 0. The van der Waals surface area contributed by atoms with Gasteiger partial charge in [0.25, 0.3) is 0 Å². The Morgan fingerprint density at radius 1 is 1.38 bits per heavy atom. The first-order valence-corrected chi connectivity index (χ1v) is 8.31. The van der Waals surface area contributed by atoms with Crippen molar-refractivity contribution in [1.82, 2.24) is 14.5 Å². The highest BCUT2D eigenvalue weighted by molar-refractivity contribution is 7.89. The van der Waals surface area contributed by atoms with Crippen molar-refractivity contribution >= 4 is 22.4 Å². The van der Waals surface area contributed by atoms with Gasteiger partial charge in [0.1, 0.15) is 0 Å². The maximum Gasteiger partial charge on any atom is 0.242 e. The third-order valence-electron chi connectivity index (χ3n) is 3.54. The number of rotatable bonds is 4. The van der Waals surface area contributed by atoms with Crippen LogP contribution in [0.4, 0.5) is 0 Å². The maximum atomic E-state index is 12.1. The molecule has 0 amide bonds. The highest BCUT2D eigenvalue weighted by atomic mass is 35.5. The van der Waals surface area contributed by atoms with Gasteiger partial charge in [0, 0.05) is 46.3 Å². The van der Waals surface area contributed by atoms with Crippen molar-refractivity contribution in [2.45, 2.75) is 24.4 Å². The van der Waals surface area contributed by atoms with Crippen molar-refractivity contribution in [3.8, 4) is 0 Å². The number of sulfonamides is 1. The van der Waals surface area contributed by atoms with Crippen LogP contribution in [-0.2, 0) is 16.6 Å². The smallest absolute Gasteiger partial charge is 0.242 e. The SMILES string of the molecule is CC1CN(Cc2cccc(S(=O)(=O)N(C)C)c2)CCN1.Cl. The van der Waals surface area contributed by atoms with Crippen molar-refractivity contribution < 1.29 is 8.42 Å². The molecular formula is C14H24ClN3O2S. The van der Waals surface area contributed by atoms with E-state index in [1.807, 2.05) is 12.1 Å². The second kappa shape index (κ2) is 7.56. The Labute approximate surface area is 133 Å². The number of piperazine rings is 1. The van der Waals surface area contributed by atoms with Crippen LogP contribution >= 0.6 is 12.4 Å². The summed E-state index contributed by atoms with van der Waals surface area (Å²) >= 11 is 0. The zero-order valence-electron chi connectivity index (χ0n) is 12.7. The van der Waals surface area contributed by atoms with Gasteiger partial charge in [-0.2, -0.15) is 0 Å². The van der Waals surface area contributed by atoms with Crippen molar-refractivity contribution in [2.75, 3.05) is 33.7 Å². The van der Waals surface area contributed by atoms with Gasteiger partial charge in [0.05, 0.1) is 4.90 Å². The average molecular weight is 334 g/mol. The van der Waals surface area contributed by atoms with Crippen molar-refractivity contribution in [2.24, 2.45) is 0 Å². The molecule has 0 aromatic heterocycles. The van der Waals surface area contributed by atoms with Gasteiger partial charge >= 0.3 is 0 Å². The Morgan fingerprint density at radius 2 is 2.10 bits per heavy atom. The summed E-state index contributed by atoms with van der Waals surface area (Å²) in [5, 5.41) is 3.40. The van der Waals surface area contributed by atoms with Crippen LogP contribution in [-0.4, -0.2) is 57.4 Å². The predicted molar refractivity (Wildman–Crippen MR) is 87.3 cm³/mol. The molecule has 1 atom stereocenters. The van der Waals surface area contributed by atoms with Crippen LogP contribution in [0.15, 0.2) is 29.2 Å². The van der Waals surface area contributed by atoms with E-state index in [0.29, 0.717) is 10.9 Å². The molecule has 1 aromatic rings. The molecule has 1 N–H and O–H groups in total. The normalized spacial score (nSPS) is 20.3. The van der Waals surface area contributed by atoms with Gasteiger partial charge in [0.15, 0.2) is 0 Å². The average Bonchev–Trinajstić information content (AvgIpc) is 2.39. The lowest BCUT2D eigenvalue weighted by Gasteiger charge is -2.31. The van der Waals surface area contributed by atoms with Crippen LogP contribution in [0.1, 0.15) is 12.5 Å². The summed E-state index contributed by atoms with van der Waals surface area (Å²) in [5.74, 6) is 0. The lowest BCUT2D eigenvalue weighted by molar-refractivity contribution is 0.199. The van der Waals surface area contributed by atoms with E-state index >= 15 is 0 Å². The minimum absolute atomic E-state index is 0. The largest absolute Gasteiger partial charge is 0.312 e. The molecule has 5 nitrogen and oxygen atoms in total. The van der Waals surface area contributed by atoms with Gasteiger partial charge in [-0.3, -0.25) is 4.90 Å². The van der Waals surface area contributed by atoms with Crippen molar-refractivity contribution in [3.63, 3.8) is 0 Å². The molecule has 0 spiro atoms. The van der Waals surface area contributed by atoms with Gasteiger partial charge in [-0.15, -0.1) is 12.4 Å². The van der Waals surface area contributed by atoms with E-state index in [1.165, 1.54) is 4.31 Å². The second-order valence-corrected chi connectivity index (χ2v) is 7.68. The van der Waals surface area contributed by atoms with E-state index in [0.717, 1.165) is 31.7 Å². The van der Waals surface area contributed by atoms with E-state index in [-0.39, 0.29) is 12.4 Å². The van der Waals surface area contributed by atoms with E-state index in [4.69, 9.17) is 0 Å². The Kier molecular flexibility index (Phi) is 6.62. The number of halogens is 1. The molecule has 1 aromatic carbocycles. The number of hydrogen-bond acceptors (Lipinski definition) is 4. The van der Waals surface area contributed by atoms with Crippen LogP contribution in [0.25, 0.3) is 0 Å². The number of benzene rings is 1. The molecule has 7 heteroatoms. The molecule has 1 aliphatic heterocycles. The highest BCUT2D eigenvalue weighted by Crippen LogP contribution is 2.16. The number of nitrogens with zero attached hydrogens (tertiary/aromatic N) is 2. The highest BCUT2D eigenvalue weighted by Gasteiger charge is 2.19. The molecule has 1 saturated heterocycles. The van der Waals surface area contributed by atoms with Crippen LogP contribution < -0.4 is 5.32 Å². The summed E-state index contributed by atoms with van der Waals surface area (Å²) in [4.78, 5) is 2.71. The van der Waals surface area contributed by atoms with Crippen molar-refractivity contribution in [3.05, 3.63) is 29.8 Å². The van der Waals surface area contributed by atoms with Gasteiger partial charge < -0.3 is 5.32 Å². The standard InChI is InChI=1S/C14H23N3O2S.ClH/c1-12-10-17(8-7-15-12)11-13-5-4-6-14(9-13)20(18,19)16(2)3;/h4-6,9,12,15H,7-8,10-11H2,1-3H3;1H. The van der Waals surface area contributed by atoms with Gasteiger partial charge in [-0.05, 0) is 24.6 Å². The molecule has 1 aliphatic rings. The van der Waals surface area contributed by atoms with E-state index in [2.05, 4.69) is 17.1 Å². The topological polar surface area (TPSA) is 52.7 Å². The molecule has 0 radical (unpaired) electrons. The first-order valence-electron chi connectivity index (χ1n) is 6.87. The van der Waals surface area contributed by atoms with Crippen molar-refractivity contribution in [1.29, 1.82) is 0 Å². The van der Waals surface area contributed by atoms with Crippen LogP contribution in [0.5, 0.6) is 0 Å². The molecule has 120 valence electrons. The van der Waals surface area contributed by atoms with Crippen LogP contribution in [0.3, 0.4) is 0 Å². The fourth-order valence-corrected chi connectivity index (χ4v) is 3.40. The van der Waals surface area contributed by atoms with E-state index in [9.17, 15) is 8.42 Å². The summed E-state index contributed by atoms with van der Waals surface area (Å²) < 4.78 is 25.5. The number of nitrogens with one attached hydrogen (secondary N) is 1. The lowest BCUT2D eigenvalue weighted by atomic mass is 10.1. The summed E-state index contributed by atoms with van der Waals surface area (Å²) in [7, 11) is -0.237. The Balaban J connectivity index is 0.00000220. The molecule has 1 heterocycles. The second-order valence-electron chi connectivity index (χ2n) is 5.53. The fourth-order valence-electron chi connectivity index (χ4n) is 2.43.